The Morgan fingerprint density at radius 2 is 1.86 bits per heavy atom. The monoisotopic (exact) mass is 194 g/mol. The Morgan fingerprint density at radius 3 is 2.29 bits per heavy atom. The lowest BCUT2D eigenvalue weighted by atomic mass is 10.1. The molecule has 0 unspecified atom stereocenters. The number of allylic oxidation sites excluding steroid dienone is 1. The van der Waals surface area contributed by atoms with Gasteiger partial charge in [0, 0.05) is 18.7 Å². The molecule has 0 bridgehead atoms. The molecule has 0 saturated carbocycles. The highest BCUT2D eigenvalue weighted by Crippen LogP contribution is 2.10. The topological polar surface area (TPSA) is 58.5 Å². The lowest BCUT2D eigenvalue weighted by Crippen LogP contribution is -2.26. The lowest BCUT2D eigenvalue weighted by molar-refractivity contribution is -0.119. The number of carbonyl (C=O) groups is 2. The van der Waals surface area contributed by atoms with Gasteiger partial charge in [0.05, 0.1) is 0 Å². The molecule has 1 rings (SSSR count). The van der Waals surface area contributed by atoms with Crippen LogP contribution in [0.25, 0.3) is 0 Å². The zero-order valence-electron chi connectivity index (χ0n) is 8.68. The highest BCUT2D eigenvalue weighted by Gasteiger charge is 2.18. The zero-order valence-corrected chi connectivity index (χ0v) is 8.68. The number of nitrogens with one attached hydrogen (secondary N) is 1. The Bertz CT molecular complexity index is 324. The molecule has 14 heavy (non-hydrogen) atoms. The smallest absolute Gasteiger partial charge is 0.167 e. The minimum atomic E-state index is -0.238. The first kappa shape index (κ1) is 10.6. The number of Topliss-reactive ketones (excluding diaryl/α,β-unsaturated/α-hetero) is 2. The van der Waals surface area contributed by atoms with E-state index in [4.69, 9.17) is 0 Å². The van der Waals surface area contributed by atoms with Gasteiger partial charge in [-0.15, -0.1) is 0 Å². The van der Waals surface area contributed by atoms with E-state index in [2.05, 4.69) is 10.3 Å². The molecule has 1 aliphatic rings. The van der Waals surface area contributed by atoms with Gasteiger partial charge >= 0.3 is 0 Å². The summed E-state index contributed by atoms with van der Waals surface area (Å²) in [6.45, 7) is 5.38. The van der Waals surface area contributed by atoms with Crippen molar-refractivity contribution in [2.24, 2.45) is 4.99 Å². The van der Waals surface area contributed by atoms with Crippen molar-refractivity contribution in [3.05, 3.63) is 11.4 Å². The van der Waals surface area contributed by atoms with Gasteiger partial charge in [-0.25, -0.2) is 4.99 Å². The van der Waals surface area contributed by atoms with Crippen LogP contribution in [0.2, 0.25) is 0 Å². The first-order valence-corrected chi connectivity index (χ1v) is 4.56. The molecule has 0 aromatic rings. The summed E-state index contributed by atoms with van der Waals surface area (Å²) in [7, 11) is 0. The van der Waals surface area contributed by atoms with E-state index in [1.165, 1.54) is 13.8 Å². The van der Waals surface area contributed by atoms with Gasteiger partial charge in [-0.05, 0) is 20.8 Å². The van der Waals surface area contributed by atoms with Crippen molar-refractivity contribution in [1.82, 2.24) is 5.32 Å². The molecule has 0 spiro atoms. The van der Waals surface area contributed by atoms with Crippen LogP contribution in [0.5, 0.6) is 0 Å². The molecular weight excluding hydrogens is 180 g/mol. The third kappa shape index (κ3) is 2.28. The van der Waals surface area contributed by atoms with Crippen LogP contribution in [0.3, 0.4) is 0 Å². The molecule has 4 nitrogen and oxygen atoms in total. The molecule has 0 radical (unpaired) electrons. The molecule has 4 heteroatoms. The fraction of sp³-hybridized carbons (Fsp3) is 0.500. The highest BCUT2D eigenvalue weighted by molar-refractivity contribution is 6.19. The summed E-state index contributed by atoms with van der Waals surface area (Å²) >= 11 is 0. The molecule has 0 aromatic heterocycles. The molecule has 1 aliphatic heterocycles. The standard InChI is InChI=1S/C10H14N2O2/c1-6-4-5-11-10(12-6)9(7(2)13)8(3)14/h11H,4-5H2,1-3H3. The normalized spacial score (nSPS) is 15.6. The number of nitrogens with zero attached hydrogens (tertiary/aromatic N) is 1. The fourth-order valence-electron chi connectivity index (χ4n) is 1.37. The molecular formula is C10H14N2O2. The number of aliphatic imine (C=N–C) groups is 1. The molecule has 0 saturated heterocycles. The number of hydrogen-bond donors (Lipinski definition) is 1. The van der Waals surface area contributed by atoms with Crippen LogP contribution in [0.4, 0.5) is 0 Å². The van der Waals surface area contributed by atoms with E-state index in [-0.39, 0.29) is 17.1 Å². The van der Waals surface area contributed by atoms with E-state index >= 15 is 0 Å². The number of carbonyl (C=O) groups excluding carboxylic acids is 2. The largest absolute Gasteiger partial charge is 0.369 e. The van der Waals surface area contributed by atoms with Crippen molar-refractivity contribution in [1.29, 1.82) is 0 Å². The Balaban J connectivity index is 3.16. The van der Waals surface area contributed by atoms with Crippen LogP contribution in [0.1, 0.15) is 27.2 Å². The summed E-state index contributed by atoms with van der Waals surface area (Å²) in [6.07, 6.45) is 0.854. The second-order valence-corrected chi connectivity index (χ2v) is 3.36. The van der Waals surface area contributed by atoms with Crippen LogP contribution in [0, 0.1) is 0 Å². The van der Waals surface area contributed by atoms with Gasteiger partial charge in [0.1, 0.15) is 11.4 Å². The van der Waals surface area contributed by atoms with Gasteiger partial charge in [-0.2, -0.15) is 0 Å². The van der Waals surface area contributed by atoms with E-state index in [0.29, 0.717) is 5.82 Å². The predicted octanol–water partition coefficient (Wildman–Crippen LogP) is 0.830. The van der Waals surface area contributed by atoms with Crippen LogP contribution in [-0.2, 0) is 9.59 Å². The van der Waals surface area contributed by atoms with Crippen molar-refractivity contribution in [2.45, 2.75) is 27.2 Å². The average Bonchev–Trinajstić information content (AvgIpc) is 2.02. The van der Waals surface area contributed by atoms with Gasteiger partial charge < -0.3 is 5.32 Å². The number of rotatable bonds is 2. The molecule has 0 aromatic carbocycles. The summed E-state index contributed by atoms with van der Waals surface area (Å²) in [6, 6.07) is 0. The summed E-state index contributed by atoms with van der Waals surface area (Å²) < 4.78 is 0. The second-order valence-electron chi connectivity index (χ2n) is 3.36. The maximum Gasteiger partial charge on any atom is 0.167 e. The van der Waals surface area contributed by atoms with E-state index < -0.39 is 0 Å². The van der Waals surface area contributed by atoms with E-state index in [9.17, 15) is 9.59 Å². The van der Waals surface area contributed by atoms with Crippen LogP contribution >= 0.6 is 0 Å². The predicted molar refractivity (Wildman–Crippen MR) is 54.1 cm³/mol. The summed E-state index contributed by atoms with van der Waals surface area (Å²) in [5.74, 6) is -0.0503. The van der Waals surface area contributed by atoms with Crippen molar-refractivity contribution >= 4 is 17.3 Å². The van der Waals surface area contributed by atoms with Gasteiger partial charge in [0.15, 0.2) is 11.6 Å². The number of ketones is 2. The minimum absolute atomic E-state index is 0.170. The molecule has 0 aliphatic carbocycles. The summed E-state index contributed by atoms with van der Waals surface area (Å²) in [5.41, 5.74) is 1.11. The van der Waals surface area contributed by atoms with E-state index in [1.807, 2.05) is 6.92 Å². The van der Waals surface area contributed by atoms with Gasteiger partial charge in [0.2, 0.25) is 0 Å². The summed E-state index contributed by atoms with van der Waals surface area (Å²) in [4.78, 5) is 26.6. The Hall–Kier alpha value is -1.45. The quantitative estimate of drug-likeness (QED) is 0.402. The molecule has 1 heterocycles. The molecule has 0 atom stereocenters. The Morgan fingerprint density at radius 1 is 1.29 bits per heavy atom. The van der Waals surface area contributed by atoms with Crippen LogP contribution in [0.15, 0.2) is 16.4 Å². The third-order valence-corrected chi connectivity index (χ3v) is 2.02. The van der Waals surface area contributed by atoms with Gasteiger partial charge in [-0.3, -0.25) is 9.59 Å². The second kappa shape index (κ2) is 4.17. The highest BCUT2D eigenvalue weighted by atomic mass is 16.1. The van der Waals surface area contributed by atoms with E-state index in [1.54, 1.807) is 0 Å². The van der Waals surface area contributed by atoms with Crippen molar-refractivity contribution in [2.75, 3.05) is 6.54 Å². The van der Waals surface area contributed by atoms with Gasteiger partial charge in [-0.1, -0.05) is 0 Å². The Labute approximate surface area is 83.1 Å². The van der Waals surface area contributed by atoms with Crippen LogP contribution in [-0.4, -0.2) is 23.8 Å². The SMILES string of the molecule is CC(=O)C(C(C)=O)=C1N=C(C)CCN1. The first-order valence-electron chi connectivity index (χ1n) is 4.56. The maximum absolute atomic E-state index is 11.2. The first-order chi connectivity index (χ1) is 6.52. The van der Waals surface area contributed by atoms with Crippen LogP contribution < -0.4 is 5.32 Å². The molecule has 0 amide bonds. The third-order valence-electron chi connectivity index (χ3n) is 2.02. The van der Waals surface area contributed by atoms with E-state index in [0.717, 1.165) is 18.7 Å². The fourth-order valence-corrected chi connectivity index (χ4v) is 1.37. The maximum atomic E-state index is 11.2. The Kier molecular flexibility index (Phi) is 3.17. The van der Waals surface area contributed by atoms with Gasteiger partial charge in [0.25, 0.3) is 0 Å². The van der Waals surface area contributed by atoms with Crippen molar-refractivity contribution < 1.29 is 9.59 Å². The summed E-state index contributed by atoms with van der Waals surface area (Å²) in [5, 5.41) is 2.96. The minimum Gasteiger partial charge on any atom is -0.369 e. The molecule has 1 N–H and O–H groups in total. The number of hydrogen-bond acceptors (Lipinski definition) is 4. The lowest BCUT2D eigenvalue weighted by Gasteiger charge is -2.15. The molecule has 76 valence electrons. The molecule has 0 fully saturated rings. The average molecular weight is 194 g/mol. The van der Waals surface area contributed by atoms with Crippen molar-refractivity contribution in [3.8, 4) is 0 Å². The van der Waals surface area contributed by atoms with Crippen molar-refractivity contribution in [3.63, 3.8) is 0 Å². The zero-order chi connectivity index (χ0) is 10.7.